The zero-order valence-electron chi connectivity index (χ0n) is 8.65. The first-order valence-corrected chi connectivity index (χ1v) is 4.32. The number of amides is 1. The second kappa shape index (κ2) is 5.97. The number of likely N-dealkylation sites (N-methyl/N-ethyl adjacent to an activating group) is 1. The van der Waals surface area contributed by atoms with Crippen molar-refractivity contribution in [1.29, 1.82) is 5.41 Å². The Morgan fingerprint density at radius 3 is 2.33 bits per heavy atom. The molecule has 1 saturated heterocycles. The number of carbonyl (C=O) groups is 2. The lowest BCUT2D eigenvalue weighted by molar-refractivity contribution is -0.138. The summed E-state index contributed by atoms with van der Waals surface area (Å²) < 4.78 is 0. The van der Waals surface area contributed by atoms with Gasteiger partial charge in [-0.3, -0.25) is 20.3 Å². The SMILES string of the molecule is CC(O)CC(=O)O.CN1CC(=O)NC1=N. The summed E-state index contributed by atoms with van der Waals surface area (Å²) in [6.45, 7) is 1.76. The molecule has 1 rings (SSSR count). The highest BCUT2D eigenvalue weighted by Crippen LogP contribution is 1.89. The van der Waals surface area contributed by atoms with Gasteiger partial charge in [-0.05, 0) is 6.92 Å². The number of carboxylic acid groups (broad SMARTS) is 1. The van der Waals surface area contributed by atoms with Gasteiger partial charge in [-0.2, -0.15) is 0 Å². The van der Waals surface area contributed by atoms with Crippen molar-refractivity contribution in [2.75, 3.05) is 13.6 Å². The summed E-state index contributed by atoms with van der Waals surface area (Å²) in [7, 11) is 1.69. The van der Waals surface area contributed by atoms with Gasteiger partial charge in [0.2, 0.25) is 5.91 Å². The number of carboxylic acids is 1. The molecular formula is C8H15N3O4. The largest absolute Gasteiger partial charge is 0.481 e. The number of aliphatic hydroxyl groups excluding tert-OH is 1. The number of nitrogens with zero attached hydrogens (tertiary/aromatic N) is 1. The van der Waals surface area contributed by atoms with Gasteiger partial charge in [0, 0.05) is 7.05 Å². The van der Waals surface area contributed by atoms with Crippen LogP contribution in [-0.4, -0.2) is 52.6 Å². The average molecular weight is 217 g/mol. The van der Waals surface area contributed by atoms with Crippen molar-refractivity contribution in [3.8, 4) is 0 Å². The maximum Gasteiger partial charge on any atom is 0.305 e. The molecule has 0 spiro atoms. The van der Waals surface area contributed by atoms with E-state index in [0.717, 1.165) is 0 Å². The Morgan fingerprint density at radius 2 is 2.27 bits per heavy atom. The quantitative estimate of drug-likeness (QED) is 0.465. The third-order valence-corrected chi connectivity index (χ3v) is 1.49. The van der Waals surface area contributed by atoms with Crippen LogP contribution >= 0.6 is 0 Å². The van der Waals surface area contributed by atoms with E-state index >= 15 is 0 Å². The molecule has 15 heavy (non-hydrogen) atoms. The number of guanidine groups is 1. The number of aliphatic hydroxyl groups is 1. The predicted octanol–water partition coefficient (Wildman–Crippen LogP) is -1.18. The molecule has 4 N–H and O–H groups in total. The third kappa shape index (κ3) is 6.44. The minimum atomic E-state index is -0.963. The predicted molar refractivity (Wildman–Crippen MR) is 52.4 cm³/mol. The van der Waals surface area contributed by atoms with E-state index in [0.29, 0.717) is 6.54 Å². The molecule has 0 radical (unpaired) electrons. The molecule has 0 aromatic rings. The van der Waals surface area contributed by atoms with Crippen molar-refractivity contribution in [3.63, 3.8) is 0 Å². The molecule has 1 aliphatic rings. The highest BCUT2D eigenvalue weighted by atomic mass is 16.4. The molecule has 1 atom stereocenters. The molecule has 0 bridgehead atoms. The Labute approximate surface area is 87.2 Å². The molecule has 7 nitrogen and oxygen atoms in total. The van der Waals surface area contributed by atoms with E-state index in [1.54, 1.807) is 11.9 Å². The summed E-state index contributed by atoms with van der Waals surface area (Å²) in [4.78, 5) is 21.6. The highest BCUT2D eigenvalue weighted by Gasteiger charge is 2.18. The van der Waals surface area contributed by atoms with E-state index in [4.69, 9.17) is 15.6 Å². The Bertz CT molecular complexity index is 265. The summed E-state index contributed by atoms with van der Waals surface area (Å²) in [5.74, 6) is -0.873. The van der Waals surface area contributed by atoms with E-state index in [1.165, 1.54) is 6.92 Å². The molecule has 1 amide bonds. The summed E-state index contributed by atoms with van der Waals surface area (Å²) in [6.07, 6.45) is -0.891. The molecule has 0 aliphatic carbocycles. The van der Waals surface area contributed by atoms with Gasteiger partial charge < -0.3 is 15.1 Å². The summed E-state index contributed by atoms with van der Waals surface area (Å²) in [5, 5.41) is 25.6. The van der Waals surface area contributed by atoms with E-state index in [2.05, 4.69) is 5.32 Å². The van der Waals surface area contributed by atoms with Gasteiger partial charge in [0.05, 0.1) is 19.1 Å². The number of nitrogens with one attached hydrogen (secondary N) is 2. The van der Waals surface area contributed by atoms with Crippen molar-refractivity contribution in [1.82, 2.24) is 10.2 Å². The second-order valence-corrected chi connectivity index (χ2v) is 3.20. The average Bonchev–Trinajstić information content (AvgIpc) is 2.27. The Hall–Kier alpha value is -1.63. The lowest BCUT2D eigenvalue weighted by Crippen LogP contribution is -2.25. The molecule has 1 fully saturated rings. The summed E-state index contributed by atoms with van der Waals surface area (Å²) in [6, 6.07) is 0. The Morgan fingerprint density at radius 1 is 1.73 bits per heavy atom. The molecule has 1 heterocycles. The van der Waals surface area contributed by atoms with Crippen molar-refractivity contribution in [3.05, 3.63) is 0 Å². The van der Waals surface area contributed by atoms with Gasteiger partial charge in [0.1, 0.15) is 0 Å². The van der Waals surface area contributed by atoms with Gasteiger partial charge in [-0.1, -0.05) is 0 Å². The molecule has 1 unspecified atom stereocenters. The fourth-order valence-electron chi connectivity index (χ4n) is 0.814. The first kappa shape index (κ1) is 13.4. The highest BCUT2D eigenvalue weighted by molar-refractivity contribution is 6.02. The molecular weight excluding hydrogens is 202 g/mol. The zero-order valence-corrected chi connectivity index (χ0v) is 8.65. The summed E-state index contributed by atoms with van der Waals surface area (Å²) in [5.41, 5.74) is 0. The third-order valence-electron chi connectivity index (χ3n) is 1.49. The van der Waals surface area contributed by atoms with Gasteiger partial charge in [0.25, 0.3) is 0 Å². The number of hydrogen-bond acceptors (Lipinski definition) is 4. The van der Waals surface area contributed by atoms with Gasteiger partial charge >= 0.3 is 5.97 Å². The maximum atomic E-state index is 10.4. The van der Waals surface area contributed by atoms with Crippen LogP contribution in [0.3, 0.4) is 0 Å². The van der Waals surface area contributed by atoms with E-state index in [-0.39, 0.29) is 18.3 Å². The molecule has 0 saturated carbocycles. The van der Waals surface area contributed by atoms with Crippen LogP contribution in [0.1, 0.15) is 13.3 Å². The van der Waals surface area contributed by atoms with Crippen LogP contribution in [0.4, 0.5) is 0 Å². The van der Waals surface area contributed by atoms with Crippen molar-refractivity contribution in [2.24, 2.45) is 0 Å². The molecule has 7 heteroatoms. The van der Waals surface area contributed by atoms with Crippen LogP contribution < -0.4 is 5.32 Å². The van der Waals surface area contributed by atoms with Crippen molar-refractivity contribution >= 4 is 17.8 Å². The normalized spacial score (nSPS) is 16.6. The fraction of sp³-hybridized carbons (Fsp3) is 0.625. The van der Waals surface area contributed by atoms with Crippen LogP contribution in [0.25, 0.3) is 0 Å². The van der Waals surface area contributed by atoms with Gasteiger partial charge in [0.15, 0.2) is 5.96 Å². The van der Waals surface area contributed by atoms with Crippen molar-refractivity contribution in [2.45, 2.75) is 19.4 Å². The summed E-state index contributed by atoms with van der Waals surface area (Å²) >= 11 is 0. The first-order chi connectivity index (χ1) is 6.82. The topological polar surface area (TPSA) is 114 Å². The van der Waals surface area contributed by atoms with Crippen LogP contribution in [0.5, 0.6) is 0 Å². The fourth-order valence-corrected chi connectivity index (χ4v) is 0.814. The number of aliphatic carboxylic acids is 1. The number of carbonyl (C=O) groups excluding carboxylic acids is 1. The minimum Gasteiger partial charge on any atom is -0.481 e. The first-order valence-electron chi connectivity index (χ1n) is 4.32. The van der Waals surface area contributed by atoms with Crippen LogP contribution in [0, 0.1) is 5.41 Å². The van der Waals surface area contributed by atoms with Crippen molar-refractivity contribution < 1.29 is 19.8 Å². The maximum absolute atomic E-state index is 10.4. The molecule has 0 aromatic heterocycles. The monoisotopic (exact) mass is 217 g/mol. The standard InChI is InChI=1S/C4H7N3O.C4H8O3/c1-7-2-3(8)6-4(7)5;1-3(5)2-4(6)7/h2H2,1H3,(H2,5,6,8);3,5H,2H2,1H3,(H,6,7). The molecule has 1 aliphatic heterocycles. The van der Waals surface area contributed by atoms with Gasteiger partial charge in [-0.25, -0.2) is 0 Å². The van der Waals surface area contributed by atoms with Gasteiger partial charge in [-0.15, -0.1) is 0 Å². The number of hydrogen-bond donors (Lipinski definition) is 4. The van der Waals surface area contributed by atoms with Crippen LogP contribution in [-0.2, 0) is 9.59 Å². The minimum absolute atomic E-state index is 0.0995. The lowest BCUT2D eigenvalue weighted by atomic mass is 10.3. The Kier molecular flexibility index (Phi) is 5.32. The van der Waals surface area contributed by atoms with E-state index in [1.807, 2.05) is 0 Å². The lowest BCUT2D eigenvalue weighted by Gasteiger charge is -2.03. The Balaban J connectivity index is 0.000000265. The second-order valence-electron chi connectivity index (χ2n) is 3.20. The smallest absolute Gasteiger partial charge is 0.305 e. The zero-order chi connectivity index (χ0) is 12.0. The van der Waals surface area contributed by atoms with E-state index < -0.39 is 12.1 Å². The molecule has 0 aromatic carbocycles. The molecule has 86 valence electrons. The number of rotatable bonds is 2. The van der Waals surface area contributed by atoms with Crippen LogP contribution in [0.2, 0.25) is 0 Å². The van der Waals surface area contributed by atoms with Crippen LogP contribution in [0.15, 0.2) is 0 Å². The van der Waals surface area contributed by atoms with E-state index in [9.17, 15) is 9.59 Å².